The van der Waals surface area contributed by atoms with Gasteiger partial charge in [-0.2, -0.15) is 0 Å². The molecule has 0 aliphatic carbocycles. The maximum Gasteiger partial charge on any atom is 0.341 e. The Balaban J connectivity index is 1.78. The van der Waals surface area contributed by atoms with Crippen molar-refractivity contribution in [1.82, 2.24) is 10.2 Å². The number of rotatable bonds is 9. The number of amides is 4. The van der Waals surface area contributed by atoms with Gasteiger partial charge in [0, 0.05) is 4.47 Å². The Bertz CT molecular complexity index is 1190. The van der Waals surface area contributed by atoms with E-state index in [4.69, 9.17) is 14.6 Å². The Morgan fingerprint density at radius 1 is 1.21 bits per heavy atom. The molecule has 0 atom stereocenters. The lowest BCUT2D eigenvalue weighted by atomic mass is 10.1. The van der Waals surface area contributed by atoms with E-state index in [-0.39, 0.29) is 29.5 Å². The summed E-state index contributed by atoms with van der Waals surface area (Å²) in [6.45, 7) is 0.794. The van der Waals surface area contributed by atoms with E-state index in [9.17, 15) is 23.6 Å². The molecule has 1 aliphatic heterocycles. The number of anilines is 1. The zero-order valence-corrected chi connectivity index (χ0v) is 19.3. The van der Waals surface area contributed by atoms with Crippen LogP contribution in [0.1, 0.15) is 12.5 Å². The van der Waals surface area contributed by atoms with Crippen molar-refractivity contribution in [2.24, 2.45) is 0 Å². The highest BCUT2D eigenvalue weighted by atomic mass is 79.9. The molecule has 4 amide bonds. The third kappa shape index (κ3) is 5.90. The molecule has 0 saturated carbocycles. The van der Waals surface area contributed by atoms with Gasteiger partial charge in [0.25, 0.3) is 5.91 Å². The highest BCUT2D eigenvalue weighted by Crippen LogP contribution is 2.35. The fourth-order valence-electron chi connectivity index (χ4n) is 2.95. The van der Waals surface area contributed by atoms with E-state index in [2.05, 4.69) is 26.6 Å². The Morgan fingerprint density at radius 3 is 2.59 bits per heavy atom. The van der Waals surface area contributed by atoms with Crippen molar-refractivity contribution >= 4 is 51.5 Å². The van der Waals surface area contributed by atoms with E-state index in [0.29, 0.717) is 14.9 Å². The number of urea groups is 1. The van der Waals surface area contributed by atoms with E-state index >= 15 is 0 Å². The predicted molar refractivity (Wildman–Crippen MR) is 122 cm³/mol. The van der Waals surface area contributed by atoms with Gasteiger partial charge in [-0.1, -0.05) is 28.1 Å². The van der Waals surface area contributed by atoms with Crippen LogP contribution in [0, 0.1) is 5.82 Å². The summed E-state index contributed by atoms with van der Waals surface area (Å²) in [5.41, 5.74) is 0.242. The average molecular weight is 536 g/mol. The van der Waals surface area contributed by atoms with Gasteiger partial charge in [0.05, 0.1) is 12.3 Å². The number of ether oxygens (including phenoxy) is 2. The lowest BCUT2D eigenvalue weighted by molar-refractivity contribution is -0.139. The monoisotopic (exact) mass is 535 g/mol. The third-order valence-electron chi connectivity index (χ3n) is 4.43. The molecule has 10 nitrogen and oxygen atoms in total. The molecule has 178 valence electrons. The van der Waals surface area contributed by atoms with Gasteiger partial charge < -0.3 is 25.2 Å². The molecular formula is C22H19BrFN3O7. The molecule has 12 heteroatoms. The van der Waals surface area contributed by atoms with Gasteiger partial charge >= 0.3 is 12.0 Å². The van der Waals surface area contributed by atoms with Crippen molar-refractivity contribution in [3.8, 4) is 11.5 Å². The summed E-state index contributed by atoms with van der Waals surface area (Å²) < 4.78 is 24.9. The van der Waals surface area contributed by atoms with Crippen LogP contribution in [-0.2, 0) is 14.4 Å². The summed E-state index contributed by atoms with van der Waals surface area (Å²) in [5.74, 6) is -2.93. The number of carboxylic acids is 1. The molecule has 0 radical (unpaired) electrons. The van der Waals surface area contributed by atoms with Crippen LogP contribution >= 0.6 is 15.9 Å². The molecule has 3 rings (SSSR count). The molecule has 2 aromatic rings. The highest BCUT2D eigenvalue weighted by Gasteiger charge is 2.35. The van der Waals surface area contributed by atoms with Crippen molar-refractivity contribution in [3.63, 3.8) is 0 Å². The van der Waals surface area contributed by atoms with Gasteiger partial charge in [0.2, 0.25) is 5.91 Å². The molecule has 34 heavy (non-hydrogen) atoms. The third-order valence-corrected chi connectivity index (χ3v) is 5.11. The summed E-state index contributed by atoms with van der Waals surface area (Å²) in [7, 11) is 0. The van der Waals surface area contributed by atoms with Crippen LogP contribution in [0.3, 0.4) is 0 Å². The number of imide groups is 1. The zero-order chi connectivity index (χ0) is 24.8. The summed E-state index contributed by atoms with van der Waals surface area (Å²) in [6, 6.07) is 7.66. The number of carboxylic acid groups (broad SMARTS) is 1. The Hall–Kier alpha value is -3.93. The summed E-state index contributed by atoms with van der Waals surface area (Å²) >= 11 is 3.32. The number of hydrogen-bond donors (Lipinski definition) is 3. The summed E-state index contributed by atoms with van der Waals surface area (Å²) in [4.78, 5) is 48.7. The lowest BCUT2D eigenvalue weighted by Crippen LogP contribution is -2.38. The maximum atomic E-state index is 13.7. The van der Waals surface area contributed by atoms with Crippen LogP contribution in [0.2, 0.25) is 0 Å². The number of benzene rings is 2. The molecule has 1 heterocycles. The van der Waals surface area contributed by atoms with Gasteiger partial charge in [-0.25, -0.2) is 18.9 Å². The van der Waals surface area contributed by atoms with Gasteiger partial charge in [-0.05, 0) is 42.8 Å². The van der Waals surface area contributed by atoms with E-state index in [1.165, 1.54) is 36.4 Å². The van der Waals surface area contributed by atoms with Gasteiger partial charge in [-0.3, -0.25) is 9.59 Å². The SMILES string of the molecule is CCOc1cc(/C=C2/NC(=O)N(CC(=O)Nc3ccccc3F)C2=O)c(Br)cc1OCC(=O)O. The second-order valence-electron chi connectivity index (χ2n) is 6.84. The minimum atomic E-state index is -1.16. The summed E-state index contributed by atoms with van der Waals surface area (Å²) in [5, 5.41) is 13.5. The first kappa shape index (κ1) is 24.7. The Kier molecular flexibility index (Phi) is 7.84. The average Bonchev–Trinajstić information content (AvgIpc) is 3.03. The van der Waals surface area contributed by atoms with Crippen LogP contribution in [0.25, 0.3) is 6.08 Å². The smallest absolute Gasteiger partial charge is 0.341 e. The Labute approximate surface area is 201 Å². The highest BCUT2D eigenvalue weighted by molar-refractivity contribution is 9.10. The molecule has 1 aliphatic rings. The van der Waals surface area contributed by atoms with Crippen molar-refractivity contribution in [2.45, 2.75) is 6.92 Å². The van der Waals surface area contributed by atoms with Crippen molar-refractivity contribution in [3.05, 3.63) is 57.9 Å². The number of carbonyl (C=O) groups excluding carboxylic acids is 3. The first-order chi connectivity index (χ1) is 16.2. The van der Waals surface area contributed by atoms with Crippen molar-refractivity contribution in [2.75, 3.05) is 25.1 Å². The number of para-hydroxylation sites is 1. The molecule has 0 aromatic heterocycles. The van der Waals surface area contributed by atoms with Crippen LogP contribution in [0.15, 0.2) is 46.6 Å². The van der Waals surface area contributed by atoms with E-state index in [1.54, 1.807) is 6.92 Å². The Morgan fingerprint density at radius 2 is 1.91 bits per heavy atom. The molecule has 3 N–H and O–H groups in total. The minimum Gasteiger partial charge on any atom is -0.490 e. The molecule has 2 aromatic carbocycles. The fourth-order valence-corrected chi connectivity index (χ4v) is 3.39. The summed E-state index contributed by atoms with van der Waals surface area (Å²) in [6.07, 6.45) is 1.36. The van der Waals surface area contributed by atoms with Gasteiger partial charge in [-0.15, -0.1) is 0 Å². The normalized spacial score (nSPS) is 14.2. The standard InChI is InChI=1S/C22H19BrFN3O7/c1-2-33-17-8-12(13(23)9-18(17)34-11-20(29)30)7-16-21(31)27(22(32)26-16)10-19(28)25-15-6-4-3-5-14(15)24/h3-9H,2,10-11H2,1H3,(H,25,28)(H,26,32)(H,29,30)/b16-7+. The van der Waals surface area contributed by atoms with E-state index in [0.717, 1.165) is 6.07 Å². The number of carbonyl (C=O) groups is 4. The first-order valence-electron chi connectivity index (χ1n) is 9.89. The number of halogens is 2. The van der Waals surface area contributed by atoms with E-state index in [1.807, 2.05) is 0 Å². The molecule has 0 spiro atoms. The van der Waals surface area contributed by atoms with Crippen LogP contribution in [0.5, 0.6) is 11.5 Å². The second kappa shape index (κ2) is 10.8. The molecular weight excluding hydrogens is 517 g/mol. The van der Waals surface area contributed by atoms with E-state index < -0.39 is 42.8 Å². The fraction of sp³-hybridized carbons (Fsp3) is 0.182. The number of hydrogen-bond acceptors (Lipinski definition) is 6. The number of nitrogens with zero attached hydrogens (tertiary/aromatic N) is 1. The number of aliphatic carboxylic acids is 1. The quantitative estimate of drug-likeness (QED) is 0.332. The van der Waals surface area contributed by atoms with Crippen LogP contribution < -0.4 is 20.1 Å². The van der Waals surface area contributed by atoms with Gasteiger partial charge in [0.15, 0.2) is 18.1 Å². The molecule has 0 unspecified atom stereocenters. The molecule has 1 saturated heterocycles. The van der Waals surface area contributed by atoms with Gasteiger partial charge in [0.1, 0.15) is 18.1 Å². The maximum absolute atomic E-state index is 13.7. The van der Waals surface area contributed by atoms with Crippen LogP contribution in [-0.4, -0.2) is 53.6 Å². The predicted octanol–water partition coefficient (Wildman–Crippen LogP) is 2.98. The minimum absolute atomic E-state index is 0.0760. The topological polar surface area (TPSA) is 134 Å². The number of nitrogens with one attached hydrogen (secondary N) is 2. The zero-order valence-electron chi connectivity index (χ0n) is 17.8. The largest absolute Gasteiger partial charge is 0.490 e. The second-order valence-corrected chi connectivity index (χ2v) is 7.70. The molecule has 0 bridgehead atoms. The van der Waals surface area contributed by atoms with Crippen LogP contribution in [0.4, 0.5) is 14.9 Å². The lowest BCUT2D eigenvalue weighted by Gasteiger charge is -2.13. The van der Waals surface area contributed by atoms with Crippen molar-refractivity contribution < 1.29 is 38.1 Å². The molecule has 1 fully saturated rings. The first-order valence-corrected chi connectivity index (χ1v) is 10.7. The van der Waals surface area contributed by atoms with Crippen molar-refractivity contribution in [1.29, 1.82) is 0 Å².